The highest BCUT2D eigenvalue weighted by molar-refractivity contribution is 5.34. The zero-order valence-corrected chi connectivity index (χ0v) is 10.8. The molecule has 0 saturated carbocycles. The number of hydrogen-bond donors (Lipinski definition) is 0. The second-order valence-corrected chi connectivity index (χ2v) is 4.07. The van der Waals surface area contributed by atoms with Crippen LogP contribution in [0.2, 0.25) is 0 Å². The number of rotatable bonds is 5. The fraction of sp³-hybridized carbons (Fsp3) is 0.250. The van der Waals surface area contributed by atoms with E-state index >= 15 is 0 Å². The number of ether oxygens (including phenoxy) is 2. The van der Waals surface area contributed by atoms with Crippen LogP contribution >= 0.6 is 0 Å². The molecule has 18 heavy (non-hydrogen) atoms. The molecule has 2 rings (SSSR count). The van der Waals surface area contributed by atoms with Gasteiger partial charge in [-0.15, -0.1) is 0 Å². The van der Waals surface area contributed by atoms with E-state index in [2.05, 4.69) is 18.2 Å². The average molecular weight is 241 g/mol. The van der Waals surface area contributed by atoms with Crippen molar-refractivity contribution in [1.29, 1.82) is 0 Å². The quantitative estimate of drug-likeness (QED) is 0.799. The van der Waals surface area contributed by atoms with Crippen LogP contribution in [0.5, 0.6) is 11.5 Å². The Kier molecular flexibility index (Phi) is 4.24. The molecule has 0 aromatic heterocycles. The maximum atomic E-state index is 5.32. The Balaban J connectivity index is 2.02. The Morgan fingerprint density at radius 1 is 0.944 bits per heavy atom. The maximum Gasteiger partial charge on any atom is 0.122 e. The third kappa shape index (κ3) is 3.04. The van der Waals surface area contributed by atoms with E-state index in [4.69, 9.17) is 9.47 Å². The van der Waals surface area contributed by atoms with Gasteiger partial charge in [0.2, 0.25) is 0 Å². The zero-order valence-electron chi connectivity index (χ0n) is 10.8. The molecule has 0 saturated heterocycles. The summed E-state index contributed by atoms with van der Waals surface area (Å²) in [7, 11) is 3.37. The van der Waals surface area contributed by atoms with Crippen LogP contribution in [0.15, 0.2) is 42.5 Å². The van der Waals surface area contributed by atoms with E-state index in [9.17, 15) is 0 Å². The molecule has 0 spiro atoms. The van der Waals surface area contributed by atoms with Gasteiger partial charge in [-0.1, -0.05) is 24.3 Å². The topological polar surface area (TPSA) is 18.5 Å². The molecular weight excluding hydrogens is 224 g/mol. The molecule has 0 fully saturated rings. The van der Waals surface area contributed by atoms with E-state index in [0.29, 0.717) is 0 Å². The van der Waals surface area contributed by atoms with Gasteiger partial charge in [0.25, 0.3) is 0 Å². The van der Waals surface area contributed by atoms with Gasteiger partial charge in [0.15, 0.2) is 0 Å². The molecule has 0 atom stereocenters. The fourth-order valence-electron chi connectivity index (χ4n) is 1.90. The summed E-state index contributed by atoms with van der Waals surface area (Å²) in [6, 6.07) is 17.2. The highest BCUT2D eigenvalue weighted by Crippen LogP contribution is 2.19. The SMILES string of the molecule is COc1ccc(CCc2[c]cccc2OC)cc1. The van der Waals surface area contributed by atoms with Crippen molar-refractivity contribution >= 4 is 0 Å². The Labute approximate surface area is 108 Å². The third-order valence-corrected chi connectivity index (χ3v) is 2.94. The monoisotopic (exact) mass is 241 g/mol. The van der Waals surface area contributed by atoms with Crippen molar-refractivity contribution < 1.29 is 9.47 Å². The predicted molar refractivity (Wildman–Crippen MR) is 72.2 cm³/mol. The Hall–Kier alpha value is -1.96. The average Bonchev–Trinajstić information content (AvgIpc) is 2.46. The van der Waals surface area contributed by atoms with Crippen molar-refractivity contribution in [3.05, 3.63) is 59.7 Å². The van der Waals surface area contributed by atoms with E-state index in [-0.39, 0.29) is 0 Å². The molecule has 2 aromatic rings. The zero-order chi connectivity index (χ0) is 12.8. The first-order chi connectivity index (χ1) is 8.83. The number of methoxy groups -OCH3 is 2. The van der Waals surface area contributed by atoms with E-state index in [1.807, 2.05) is 30.3 Å². The second-order valence-electron chi connectivity index (χ2n) is 4.07. The highest BCUT2D eigenvalue weighted by Gasteiger charge is 2.02. The van der Waals surface area contributed by atoms with Gasteiger partial charge in [-0.25, -0.2) is 0 Å². The minimum Gasteiger partial charge on any atom is -0.497 e. The highest BCUT2D eigenvalue weighted by atomic mass is 16.5. The lowest BCUT2D eigenvalue weighted by molar-refractivity contribution is 0.409. The first-order valence-corrected chi connectivity index (χ1v) is 6.00. The maximum absolute atomic E-state index is 5.32. The van der Waals surface area contributed by atoms with Crippen molar-refractivity contribution in [2.75, 3.05) is 14.2 Å². The smallest absolute Gasteiger partial charge is 0.122 e. The van der Waals surface area contributed by atoms with Gasteiger partial charge in [0, 0.05) is 5.56 Å². The van der Waals surface area contributed by atoms with Gasteiger partial charge >= 0.3 is 0 Å². The predicted octanol–water partition coefficient (Wildman–Crippen LogP) is 3.29. The molecule has 0 unspecified atom stereocenters. The van der Waals surface area contributed by atoms with Crippen LogP contribution in [0, 0.1) is 6.07 Å². The Bertz CT molecular complexity index is 489. The fourth-order valence-corrected chi connectivity index (χ4v) is 1.90. The van der Waals surface area contributed by atoms with Gasteiger partial charge in [-0.2, -0.15) is 0 Å². The van der Waals surface area contributed by atoms with Crippen LogP contribution in [0.1, 0.15) is 11.1 Å². The summed E-state index contributed by atoms with van der Waals surface area (Å²) in [6.45, 7) is 0. The molecule has 0 heterocycles. The molecule has 2 heteroatoms. The minimum absolute atomic E-state index is 0.891. The first kappa shape index (κ1) is 12.5. The minimum atomic E-state index is 0.891. The summed E-state index contributed by atoms with van der Waals surface area (Å²) < 4.78 is 10.5. The van der Waals surface area contributed by atoms with Crippen LogP contribution in [0.4, 0.5) is 0 Å². The molecular formula is C16H17O2. The molecule has 0 N–H and O–H groups in total. The Morgan fingerprint density at radius 2 is 1.72 bits per heavy atom. The molecule has 2 aromatic carbocycles. The van der Waals surface area contributed by atoms with Gasteiger partial charge in [0.1, 0.15) is 11.5 Å². The molecule has 2 nitrogen and oxygen atoms in total. The summed E-state index contributed by atoms with van der Waals surface area (Å²) >= 11 is 0. The van der Waals surface area contributed by atoms with Crippen LogP contribution in [0.3, 0.4) is 0 Å². The molecule has 93 valence electrons. The van der Waals surface area contributed by atoms with E-state index in [1.165, 1.54) is 5.56 Å². The molecule has 0 aliphatic carbocycles. The Morgan fingerprint density at radius 3 is 2.39 bits per heavy atom. The first-order valence-electron chi connectivity index (χ1n) is 6.00. The molecule has 0 aliphatic rings. The summed E-state index contributed by atoms with van der Waals surface area (Å²) in [5.41, 5.74) is 2.41. The van der Waals surface area contributed by atoms with Gasteiger partial charge < -0.3 is 9.47 Å². The van der Waals surface area contributed by atoms with Crippen molar-refractivity contribution in [2.45, 2.75) is 12.8 Å². The van der Waals surface area contributed by atoms with Crippen molar-refractivity contribution in [2.24, 2.45) is 0 Å². The number of hydrogen-bond acceptors (Lipinski definition) is 2. The second kappa shape index (κ2) is 6.10. The largest absolute Gasteiger partial charge is 0.497 e. The van der Waals surface area contributed by atoms with Gasteiger partial charge in [-0.3, -0.25) is 0 Å². The van der Waals surface area contributed by atoms with Gasteiger partial charge in [0.05, 0.1) is 14.2 Å². The standard InChI is InChI=1S/C16H17O2/c1-17-15-11-8-13(9-12-15)7-10-14-5-3-4-6-16(14)18-2/h3-4,6,8-9,11-12H,7,10H2,1-2H3. The van der Waals surface area contributed by atoms with Crippen LogP contribution in [-0.2, 0) is 12.8 Å². The number of aryl methyl sites for hydroxylation is 2. The van der Waals surface area contributed by atoms with E-state index < -0.39 is 0 Å². The molecule has 0 amide bonds. The van der Waals surface area contributed by atoms with Crippen LogP contribution in [0.25, 0.3) is 0 Å². The third-order valence-electron chi connectivity index (χ3n) is 2.94. The normalized spacial score (nSPS) is 10.1. The number of benzene rings is 2. The summed E-state index contributed by atoms with van der Waals surface area (Å²) in [6.07, 6.45) is 1.90. The summed E-state index contributed by atoms with van der Waals surface area (Å²) in [5, 5.41) is 0. The van der Waals surface area contributed by atoms with E-state index in [0.717, 1.165) is 29.9 Å². The van der Waals surface area contributed by atoms with E-state index in [1.54, 1.807) is 14.2 Å². The lowest BCUT2D eigenvalue weighted by atomic mass is 10.0. The van der Waals surface area contributed by atoms with Crippen LogP contribution in [-0.4, -0.2) is 14.2 Å². The van der Waals surface area contributed by atoms with Gasteiger partial charge in [-0.05, 0) is 42.7 Å². The lowest BCUT2D eigenvalue weighted by Gasteiger charge is -2.08. The lowest BCUT2D eigenvalue weighted by Crippen LogP contribution is -1.95. The summed E-state index contributed by atoms with van der Waals surface area (Å²) in [4.78, 5) is 0. The van der Waals surface area contributed by atoms with Crippen LogP contribution < -0.4 is 9.47 Å². The van der Waals surface area contributed by atoms with Crippen molar-refractivity contribution in [3.63, 3.8) is 0 Å². The molecule has 1 radical (unpaired) electrons. The summed E-state index contributed by atoms with van der Waals surface area (Å²) in [5.74, 6) is 1.80. The molecule has 0 aliphatic heterocycles. The van der Waals surface area contributed by atoms with Crippen molar-refractivity contribution in [1.82, 2.24) is 0 Å². The molecule has 0 bridgehead atoms. The van der Waals surface area contributed by atoms with Crippen molar-refractivity contribution in [3.8, 4) is 11.5 Å².